The summed E-state index contributed by atoms with van der Waals surface area (Å²) in [6.07, 6.45) is 14.5. The zero-order valence-corrected chi connectivity index (χ0v) is 30.0. The first kappa shape index (κ1) is 34.4. The molecule has 0 saturated carbocycles. The van der Waals surface area contributed by atoms with Crippen LogP contribution in [0.25, 0.3) is 22.3 Å². The maximum atomic E-state index is 3.65. The van der Waals surface area contributed by atoms with Crippen molar-refractivity contribution in [1.82, 2.24) is 0 Å². The second kappa shape index (κ2) is 13.3. The van der Waals surface area contributed by atoms with Gasteiger partial charge in [-0.25, -0.2) is 17.2 Å². The van der Waals surface area contributed by atoms with E-state index in [2.05, 4.69) is 132 Å². The van der Waals surface area contributed by atoms with Crippen molar-refractivity contribution in [3.63, 3.8) is 0 Å². The molecule has 0 aliphatic heterocycles. The monoisotopic (exact) mass is 668 g/mol. The Morgan fingerprint density at radius 2 is 1.40 bits per heavy atom. The average molecular weight is 671 g/mol. The summed E-state index contributed by atoms with van der Waals surface area (Å²) in [4.78, 5) is 0. The summed E-state index contributed by atoms with van der Waals surface area (Å²) < 4.78 is 2.17. The van der Waals surface area contributed by atoms with E-state index in [0.717, 1.165) is 6.42 Å². The molecule has 1 unspecified atom stereocenters. The predicted molar refractivity (Wildman–Crippen MR) is 169 cm³/mol. The Bertz CT molecular complexity index is 1530. The molecule has 3 heteroatoms. The van der Waals surface area contributed by atoms with Gasteiger partial charge in [0.25, 0.3) is 0 Å². The molecule has 0 bridgehead atoms. The van der Waals surface area contributed by atoms with E-state index in [1.807, 2.05) is 12.1 Å². The Kier molecular flexibility index (Phi) is 10.9. The summed E-state index contributed by atoms with van der Waals surface area (Å²) in [6.45, 7) is 17.9. The van der Waals surface area contributed by atoms with Crippen LogP contribution in [0.1, 0.15) is 94.3 Å². The van der Waals surface area contributed by atoms with E-state index in [9.17, 15) is 0 Å². The summed E-state index contributed by atoms with van der Waals surface area (Å²) in [5, 5.41) is 0. The Morgan fingerprint density at radius 1 is 0.810 bits per heavy atom. The number of fused-ring (bicyclic) bond motifs is 5. The number of hydrogen-bond acceptors (Lipinski definition) is 0. The van der Waals surface area contributed by atoms with E-state index in [0.29, 0.717) is 5.92 Å². The van der Waals surface area contributed by atoms with Crippen molar-refractivity contribution >= 4 is 14.9 Å². The molecule has 7 rings (SSSR count). The van der Waals surface area contributed by atoms with Gasteiger partial charge in [0.15, 0.2) is 0 Å². The van der Waals surface area contributed by atoms with E-state index in [1.165, 1.54) is 91.0 Å². The molecule has 0 amide bonds. The molecule has 0 aromatic heterocycles. The first-order valence-corrected chi connectivity index (χ1v) is 15.8. The molecular formula is C39H40Cl2Zr-2. The Labute approximate surface area is 281 Å². The minimum absolute atomic E-state index is 0. The van der Waals surface area contributed by atoms with Crippen molar-refractivity contribution in [3.05, 3.63) is 129 Å². The first-order chi connectivity index (χ1) is 18.9. The maximum absolute atomic E-state index is 3.65. The molecule has 0 nitrogen and oxygen atoms in total. The fourth-order valence-electron chi connectivity index (χ4n) is 6.58. The fourth-order valence-corrected chi connectivity index (χ4v) is 7.05. The van der Waals surface area contributed by atoms with Gasteiger partial charge in [0.05, 0.1) is 0 Å². The normalized spacial score (nSPS) is 18.6. The molecule has 0 radical (unpaired) electrons. The first-order valence-electron chi connectivity index (χ1n) is 14.4. The Balaban J connectivity index is 0.000000236. The summed E-state index contributed by atoms with van der Waals surface area (Å²) in [5.41, 5.74) is 17.2. The standard InChI is InChI=1S/C25H25.C7H9.C7H6.2ClH.Zr/c1-14-12-24(3,4)22-8-16-7-17-9-23-19(15(2)13-25(23,5)6)11-21(17)20(16)10-18(14)22;1-6-3-4-7(2)5-6;1-7-5-3-2-4-6-7;;;/h8-12H,7H2,1-6H3;3,5,7H,1-2H3;1-6H;2*1H;/q2*-1;;;;+2/p-2. The average Bonchev–Trinajstić information content (AvgIpc) is 3.59. The van der Waals surface area contributed by atoms with Crippen molar-refractivity contribution in [1.29, 1.82) is 0 Å². The zero-order chi connectivity index (χ0) is 28.8. The molecule has 42 heavy (non-hydrogen) atoms. The van der Waals surface area contributed by atoms with Gasteiger partial charge in [0, 0.05) is 5.41 Å². The van der Waals surface area contributed by atoms with E-state index in [-0.39, 0.29) is 35.6 Å². The van der Waals surface area contributed by atoms with E-state index in [1.54, 1.807) is 0 Å². The van der Waals surface area contributed by atoms with Gasteiger partial charge in [0.2, 0.25) is 0 Å². The molecule has 0 spiro atoms. The summed E-state index contributed by atoms with van der Waals surface area (Å²) in [5.74, 6) is 0.556. The van der Waals surface area contributed by atoms with Crippen LogP contribution in [0.15, 0.2) is 78.4 Å². The molecule has 0 saturated heterocycles. The van der Waals surface area contributed by atoms with Crippen LogP contribution in [0.5, 0.6) is 0 Å². The zero-order valence-electron chi connectivity index (χ0n) is 26.0. The molecule has 3 aromatic carbocycles. The van der Waals surface area contributed by atoms with Gasteiger partial charge in [-0.2, -0.15) is 11.6 Å². The van der Waals surface area contributed by atoms with Crippen molar-refractivity contribution in [2.45, 2.75) is 72.6 Å². The van der Waals surface area contributed by atoms with Gasteiger partial charge in [0.1, 0.15) is 0 Å². The van der Waals surface area contributed by atoms with Gasteiger partial charge in [-0.05, 0) is 58.4 Å². The van der Waals surface area contributed by atoms with Crippen LogP contribution in [0, 0.1) is 18.1 Å². The van der Waals surface area contributed by atoms with Crippen LogP contribution in [0.2, 0.25) is 0 Å². The second-order valence-electron chi connectivity index (χ2n) is 12.8. The number of hydrogen-bond donors (Lipinski definition) is 0. The van der Waals surface area contributed by atoms with Gasteiger partial charge in [-0.3, -0.25) is 12.2 Å². The van der Waals surface area contributed by atoms with Gasteiger partial charge in [-0.1, -0.05) is 71.1 Å². The van der Waals surface area contributed by atoms with Crippen LogP contribution in [-0.4, -0.2) is 3.71 Å². The molecule has 4 aliphatic rings. The van der Waals surface area contributed by atoms with Crippen LogP contribution in [0.4, 0.5) is 0 Å². The summed E-state index contributed by atoms with van der Waals surface area (Å²) in [6, 6.07) is 20.2. The van der Waals surface area contributed by atoms with Crippen LogP contribution in [-0.2, 0) is 41.5 Å². The van der Waals surface area contributed by atoms with Crippen molar-refractivity contribution < 1.29 is 49.0 Å². The third-order valence-electron chi connectivity index (χ3n) is 8.48. The van der Waals surface area contributed by atoms with Gasteiger partial charge < -0.3 is 24.8 Å². The van der Waals surface area contributed by atoms with E-state index >= 15 is 0 Å². The van der Waals surface area contributed by atoms with Crippen LogP contribution in [0.3, 0.4) is 0 Å². The van der Waals surface area contributed by atoms with Crippen molar-refractivity contribution in [2.75, 3.05) is 0 Å². The van der Waals surface area contributed by atoms with E-state index < -0.39 is 0 Å². The minimum atomic E-state index is 0. The van der Waals surface area contributed by atoms with Gasteiger partial charge in [-0.15, -0.1) is 18.6 Å². The fraction of sp³-hybridized carbons (Fsp3) is 0.308. The summed E-state index contributed by atoms with van der Waals surface area (Å²) >= 11 is 1.46. The summed E-state index contributed by atoms with van der Waals surface area (Å²) in [7, 11) is 0. The second-order valence-corrected chi connectivity index (χ2v) is 13.5. The number of rotatable bonds is 1. The van der Waals surface area contributed by atoms with Crippen molar-refractivity contribution in [2.24, 2.45) is 5.92 Å². The molecular weight excluding hydrogens is 631 g/mol. The SMILES string of the molecule is CC1=CC(C)[C-]=C1.CC1=[C-]C(C)(C)c2cc3c(cc21)-c1cc2c(cc1C3)C(C)(C)C=C2C.[Cl-].[Cl-].[Zr+2]=[CH]c1ccccc1. The Hall–Kier alpha value is -2.05. The van der Waals surface area contributed by atoms with E-state index in [4.69, 9.17) is 0 Å². The molecule has 0 heterocycles. The van der Waals surface area contributed by atoms with Gasteiger partial charge >= 0.3 is 63.8 Å². The molecule has 1 atom stereocenters. The third-order valence-corrected chi connectivity index (χ3v) is 9.30. The molecule has 0 N–H and O–H groups in total. The Morgan fingerprint density at radius 3 is 1.90 bits per heavy atom. The number of allylic oxidation sites excluding steroid dienone is 8. The van der Waals surface area contributed by atoms with Crippen LogP contribution >= 0.6 is 0 Å². The molecule has 4 aliphatic carbocycles. The molecule has 216 valence electrons. The molecule has 0 fully saturated rings. The number of benzene rings is 3. The molecule has 3 aromatic rings. The van der Waals surface area contributed by atoms with Crippen molar-refractivity contribution in [3.8, 4) is 11.1 Å². The third kappa shape index (κ3) is 6.85. The topological polar surface area (TPSA) is 0 Å². The number of halogens is 2. The quantitative estimate of drug-likeness (QED) is 0.271. The predicted octanol–water partition coefficient (Wildman–Crippen LogP) is 3.78. The van der Waals surface area contributed by atoms with Crippen LogP contribution < -0.4 is 24.8 Å².